The van der Waals surface area contributed by atoms with Crippen molar-refractivity contribution in [3.8, 4) is 45.8 Å². The van der Waals surface area contributed by atoms with Crippen LogP contribution >= 0.6 is 11.3 Å². The number of nitrogens with one attached hydrogen (secondary N) is 3. The molecular weight excluding hydrogens is 1030 g/mol. The first kappa shape index (κ1) is 55.4. The first-order valence-corrected chi connectivity index (χ1v) is 28.2. The molecule has 20 heteroatoms. The lowest BCUT2D eigenvalue weighted by Crippen LogP contribution is -2.57. The van der Waals surface area contributed by atoms with Gasteiger partial charge in [-0.2, -0.15) is 9.97 Å². The van der Waals surface area contributed by atoms with Gasteiger partial charge in [-0.25, -0.2) is 13.8 Å². The molecule has 2 bridgehead atoms. The number of unbranched alkanes of at least 4 members (excludes halogenated alkanes) is 1. The number of hydrogen-bond acceptors (Lipinski definition) is 15. The van der Waals surface area contributed by atoms with Crippen molar-refractivity contribution in [3.05, 3.63) is 88.7 Å². The number of aromatic hydroxyl groups is 1. The molecule has 10 rings (SSSR count). The zero-order valence-electron chi connectivity index (χ0n) is 45.1. The van der Waals surface area contributed by atoms with E-state index >= 15 is 8.78 Å². The number of carbonyl (C=O) groups excluding carboxylic acids is 3. The summed E-state index contributed by atoms with van der Waals surface area (Å²) < 4.78 is 44.5. The number of aromatic nitrogens is 4. The fourth-order valence-electron chi connectivity index (χ4n) is 11.4. The Morgan fingerprint density at radius 2 is 1.73 bits per heavy atom. The Morgan fingerprint density at radius 1 is 0.975 bits per heavy atom. The topological polar surface area (TPSA) is 208 Å². The fourth-order valence-corrected chi connectivity index (χ4v) is 12.3. The number of rotatable bonds is 18. The van der Waals surface area contributed by atoms with Gasteiger partial charge < -0.3 is 50.3 Å². The molecule has 7 heterocycles. The number of thiazole rings is 1. The number of aryl methyl sites for hydroxylation is 1. The number of halogens is 2. The van der Waals surface area contributed by atoms with Gasteiger partial charge in [-0.1, -0.05) is 57.0 Å². The number of β-amino-alcohol motifs (C(OH)–C–C–N with tert-alkyl or cyclic N) is 1. The monoisotopic (exact) mass is 1100 g/mol. The van der Waals surface area contributed by atoms with Crippen LogP contribution in [0.2, 0.25) is 0 Å². The highest BCUT2D eigenvalue weighted by molar-refractivity contribution is 7.13. The molecule has 2 unspecified atom stereocenters. The van der Waals surface area contributed by atoms with E-state index in [1.165, 1.54) is 35.4 Å². The zero-order chi connectivity index (χ0) is 55.5. The summed E-state index contributed by atoms with van der Waals surface area (Å²) in [6, 6.07) is 12.1. The van der Waals surface area contributed by atoms with Crippen LogP contribution in [0, 0.1) is 36.3 Å². The van der Waals surface area contributed by atoms with Gasteiger partial charge in [0.25, 0.3) is 0 Å². The van der Waals surface area contributed by atoms with E-state index in [4.69, 9.17) is 20.9 Å². The van der Waals surface area contributed by atoms with Crippen LogP contribution in [0.4, 0.5) is 14.6 Å². The Morgan fingerprint density at radius 3 is 2.44 bits per heavy atom. The summed E-state index contributed by atoms with van der Waals surface area (Å²) in [6.45, 7) is 12.1. The zero-order valence-corrected chi connectivity index (χ0v) is 45.9. The molecule has 0 radical (unpaired) electrons. The molecule has 0 saturated carbocycles. The minimum atomic E-state index is -0.937. The second kappa shape index (κ2) is 23.8. The maximum atomic E-state index is 17.1. The Hall–Kier alpha value is -6.89. The maximum Gasteiger partial charge on any atom is 0.319 e. The minimum absolute atomic E-state index is 0.00296. The van der Waals surface area contributed by atoms with Crippen LogP contribution in [0.5, 0.6) is 11.8 Å². The molecule has 3 aromatic carbocycles. The number of ether oxygens (including phenoxy) is 2. The first-order chi connectivity index (χ1) is 38.0. The van der Waals surface area contributed by atoms with Gasteiger partial charge in [0.2, 0.25) is 17.7 Å². The number of terminal acetylenes is 1. The Bertz CT molecular complexity index is 3260. The van der Waals surface area contributed by atoms with Crippen LogP contribution < -0.4 is 25.6 Å². The number of anilines is 1. The van der Waals surface area contributed by atoms with Gasteiger partial charge in [0, 0.05) is 87.9 Å². The second-order valence-electron chi connectivity index (χ2n) is 22.4. The molecule has 5 atom stereocenters. The lowest BCUT2D eigenvalue weighted by molar-refractivity contribution is -0.144. The Balaban J connectivity index is 0.690. The van der Waals surface area contributed by atoms with Crippen LogP contribution in [0.15, 0.2) is 60.2 Å². The van der Waals surface area contributed by atoms with Crippen molar-refractivity contribution in [1.29, 1.82) is 0 Å². The van der Waals surface area contributed by atoms with Crippen molar-refractivity contribution in [2.24, 2.45) is 5.41 Å². The second-order valence-corrected chi connectivity index (χ2v) is 23.2. The van der Waals surface area contributed by atoms with Crippen LogP contribution in [0.3, 0.4) is 0 Å². The summed E-state index contributed by atoms with van der Waals surface area (Å²) in [7, 11) is 0. The summed E-state index contributed by atoms with van der Waals surface area (Å²) in [5.74, 6) is 0.232. The normalized spacial score (nSPS) is 20.2. The van der Waals surface area contributed by atoms with Crippen molar-refractivity contribution in [3.63, 3.8) is 0 Å². The lowest BCUT2D eigenvalue weighted by Gasteiger charge is -2.35. The number of phenols is 1. The maximum absolute atomic E-state index is 17.1. The number of aliphatic hydroxyl groups excluding tert-OH is 1. The lowest BCUT2D eigenvalue weighted by atomic mass is 9.85. The van der Waals surface area contributed by atoms with Gasteiger partial charge in [-0.05, 0) is 92.1 Å². The average molecular weight is 1100 g/mol. The number of phenolic OH excluding ortho intramolecular Hbond substituents is 1. The van der Waals surface area contributed by atoms with Crippen molar-refractivity contribution in [2.45, 2.75) is 122 Å². The molecule has 0 spiro atoms. The van der Waals surface area contributed by atoms with Crippen LogP contribution in [-0.2, 0) is 25.7 Å². The van der Waals surface area contributed by atoms with Gasteiger partial charge in [0.05, 0.1) is 39.7 Å². The number of aliphatic hydroxyl groups is 1. The molecule has 4 aliphatic rings. The van der Waals surface area contributed by atoms with Crippen molar-refractivity contribution < 1.29 is 42.9 Å². The number of piperidine rings is 1. The van der Waals surface area contributed by atoms with Crippen LogP contribution in [0.1, 0.15) is 89.0 Å². The number of likely N-dealkylation sites (tertiary alicyclic amines) is 2. The number of fused-ring (bicyclic) bond motifs is 4. The number of piperazine rings is 1. The number of amides is 3. The van der Waals surface area contributed by atoms with E-state index in [-0.39, 0.29) is 102 Å². The van der Waals surface area contributed by atoms with E-state index in [0.717, 1.165) is 67.0 Å². The van der Waals surface area contributed by atoms with E-state index in [1.807, 2.05) is 57.5 Å². The minimum Gasteiger partial charge on any atom is -0.508 e. The number of nitrogens with zero attached hydrogens (tertiary/aromatic N) is 7. The summed E-state index contributed by atoms with van der Waals surface area (Å²) >= 11 is 1.57. The quantitative estimate of drug-likeness (QED) is 0.0433. The van der Waals surface area contributed by atoms with E-state index in [0.29, 0.717) is 49.1 Å². The highest BCUT2D eigenvalue weighted by Gasteiger charge is 2.44. The fraction of sp³-hybridized carbons (Fsp3) is 0.475. The van der Waals surface area contributed by atoms with Gasteiger partial charge in [-0.3, -0.25) is 19.4 Å². The number of pyridine rings is 1. The van der Waals surface area contributed by atoms with Gasteiger partial charge in [0.15, 0.2) is 5.82 Å². The van der Waals surface area contributed by atoms with Gasteiger partial charge >= 0.3 is 6.01 Å². The van der Waals surface area contributed by atoms with Gasteiger partial charge in [-0.15, -0.1) is 17.8 Å². The van der Waals surface area contributed by atoms with Crippen molar-refractivity contribution in [2.75, 3.05) is 57.4 Å². The standard InChI is InChI=1S/C59H68F2N10O7S/c1-6-43-46(60)16-13-37-25-40(72)26-44(49(37)43)51-50(61)52-45(29-62-51)55(70-30-38-14-15-39(31-70)65-38)68-58(67-52)78-42-17-21-69(22-18-42)20-7-8-23-77-24-19-48(74)66-54(59(3,4)5)57(76)71-32-41(73)27-47(71)56(75)63-28-35-9-11-36(12-10-35)53-34(2)64-33-79-53/h1,9-13,16,25-26,29,33,38-39,41-42,47,54,65,72-73H,7-8,14-15,17-24,27-28,30-32H2,2-5H3,(H,63,75)(H,66,74)/t38?,39?,41-,47+,54-/m1/s1. The van der Waals surface area contributed by atoms with E-state index in [9.17, 15) is 24.6 Å². The Labute approximate surface area is 462 Å². The first-order valence-electron chi connectivity index (χ1n) is 27.3. The smallest absolute Gasteiger partial charge is 0.319 e. The molecule has 4 fully saturated rings. The molecule has 6 aromatic rings. The summed E-state index contributed by atoms with van der Waals surface area (Å²) in [5.41, 5.74) is 3.97. The highest BCUT2D eigenvalue weighted by Crippen LogP contribution is 2.40. The van der Waals surface area contributed by atoms with E-state index < -0.39 is 41.1 Å². The van der Waals surface area contributed by atoms with Crippen molar-refractivity contribution >= 4 is 56.6 Å². The molecule has 416 valence electrons. The number of carbonyl (C=O) groups is 3. The largest absolute Gasteiger partial charge is 0.508 e. The third kappa shape index (κ3) is 12.5. The number of hydrogen-bond donors (Lipinski definition) is 5. The van der Waals surface area contributed by atoms with Gasteiger partial charge in [0.1, 0.15) is 46.8 Å². The van der Waals surface area contributed by atoms with E-state index in [2.05, 4.69) is 46.6 Å². The molecule has 4 aliphatic heterocycles. The summed E-state index contributed by atoms with van der Waals surface area (Å²) in [5, 5.41) is 31.9. The SMILES string of the molecule is C#Cc1c(F)ccc2cc(O)cc(-c3ncc4c(N5CC6CCC(C5)N6)nc(OC5CCN(CCCCOCCC(=O)N[C@H](C(=O)N6C[C@H](O)C[C@H]6C(=O)NCc6ccc(-c7scnc7C)cc6)C(C)(C)C)CC5)nc4c3F)c12. The van der Waals surface area contributed by atoms with Crippen molar-refractivity contribution in [1.82, 2.24) is 45.7 Å². The van der Waals surface area contributed by atoms with Crippen LogP contribution in [0.25, 0.3) is 43.4 Å². The third-order valence-corrected chi connectivity index (χ3v) is 16.6. The molecule has 5 N–H and O–H groups in total. The summed E-state index contributed by atoms with van der Waals surface area (Å²) in [6.07, 6.45) is 11.5. The average Bonchev–Trinajstić information content (AvgIpc) is 4.15. The summed E-state index contributed by atoms with van der Waals surface area (Å²) in [4.78, 5) is 66.3. The van der Waals surface area contributed by atoms with E-state index in [1.54, 1.807) is 11.3 Å². The predicted octanol–water partition coefficient (Wildman–Crippen LogP) is 7.02. The predicted molar refractivity (Wildman–Crippen MR) is 298 cm³/mol. The van der Waals surface area contributed by atoms with Crippen LogP contribution in [-0.4, -0.2) is 147 Å². The molecule has 4 saturated heterocycles. The third-order valence-electron chi connectivity index (χ3n) is 15.6. The molecule has 17 nitrogen and oxygen atoms in total. The molecule has 3 aromatic heterocycles. The molecule has 79 heavy (non-hydrogen) atoms. The molecular formula is C59H68F2N10O7S. The molecule has 3 amide bonds. The molecule has 0 aliphatic carbocycles. The Kier molecular flexibility index (Phi) is 16.7. The number of benzene rings is 3. The highest BCUT2D eigenvalue weighted by atomic mass is 32.1.